The minimum Gasteiger partial charge on any atom is -0.497 e. The van der Waals surface area contributed by atoms with Crippen molar-refractivity contribution in [2.75, 3.05) is 30.8 Å². The number of hydrogen-bond donors (Lipinski definition) is 1. The number of nitrogens with zero attached hydrogens (tertiary/aromatic N) is 2. The fourth-order valence-electron chi connectivity index (χ4n) is 3.72. The van der Waals surface area contributed by atoms with Crippen molar-refractivity contribution in [1.29, 1.82) is 0 Å². The van der Waals surface area contributed by atoms with Gasteiger partial charge in [-0.15, -0.1) is 0 Å². The first-order valence-corrected chi connectivity index (χ1v) is 13.6. The van der Waals surface area contributed by atoms with Gasteiger partial charge in [-0.25, -0.2) is 8.42 Å². The summed E-state index contributed by atoms with van der Waals surface area (Å²) < 4.78 is 31.5. The molecule has 0 aliphatic carbocycles. The molecule has 9 heteroatoms. The van der Waals surface area contributed by atoms with Crippen molar-refractivity contribution in [3.05, 3.63) is 59.2 Å². The molecule has 192 valence electrons. The molecule has 0 aliphatic rings. The van der Waals surface area contributed by atoms with Crippen molar-refractivity contribution in [3.63, 3.8) is 0 Å². The zero-order chi connectivity index (χ0) is 26.2. The summed E-state index contributed by atoms with van der Waals surface area (Å²) >= 11 is 0. The maximum absolute atomic E-state index is 13.2. The van der Waals surface area contributed by atoms with Gasteiger partial charge in [0.15, 0.2) is 0 Å². The molecule has 0 saturated heterocycles. The van der Waals surface area contributed by atoms with Crippen LogP contribution in [0.4, 0.5) is 5.69 Å². The summed E-state index contributed by atoms with van der Waals surface area (Å²) in [4.78, 5) is 27.3. The van der Waals surface area contributed by atoms with E-state index in [2.05, 4.69) is 5.32 Å². The molecule has 2 aromatic rings. The van der Waals surface area contributed by atoms with E-state index in [0.717, 1.165) is 22.9 Å². The molecule has 1 unspecified atom stereocenters. The third-order valence-electron chi connectivity index (χ3n) is 5.96. The zero-order valence-electron chi connectivity index (χ0n) is 21.5. The van der Waals surface area contributed by atoms with Gasteiger partial charge in [-0.2, -0.15) is 0 Å². The van der Waals surface area contributed by atoms with Crippen molar-refractivity contribution in [3.8, 4) is 5.75 Å². The SMILES string of the molecule is CCNC(=O)C(C)N(Cc1ccc(OC)cc1)C(=O)CCCN(c1ccc(C)c(C)c1)S(C)(=O)=O. The molecular formula is C26H37N3O5S. The summed E-state index contributed by atoms with van der Waals surface area (Å²) in [5.74, 6) is 0.256. The van der Waals surface area contributed by atoms with Gasteiger partial charge in [0.05, 0.1) is 19.1 Å². The normalized spacial score (nSPS) is 12.1. The zero-order valence-corrected chi connectivity index (χ0v) is 22.3. The van der Waals surface area contributed by atoms with Crippen LogP contribution in [0.15, 0.2) is 42.5 Å². The predicted molar refractivity (Wildman–Crippen MR) is 139 cm³/mol. The highest BCUT2D eigenvalue weighted by molar-refractivity contribution is 7.92. The Labute approximate surface area is 209 Å². The van der Waals surface area contributed by atoms with Crippen molar-refractivity contribution in [2.24, 2.45) is 0 Å². The number of ether oxygens (including phenoxy) is 1. The number of carbonyl (C=O) groups is 2. The van der Waals surface area contributed by atoms with Gasteiger partial charge in [0.2, 0.25) is 21.8 Å². The molecule has 0 spiro atoms. The van der Waals surface area contributed by atoms with E-state index < -0.39 is 16.1 Å². The Hall–Kier alpha value is -3.07. The quantitative estimate of drug-likeness (QED) is 0.479. The number of anilines is 1. The molecule has 0 fully saturated rings. The third-order valence-corrected chi connectivity index (χ3v) is 7.15. The first-order chi connectivity index (χ1) is 16.5. The highest BCUT2D eigenvalue weighted by Crippen LogP contribution is 2.22. The Kier molecular flexibility index (Phi) is 10.1. The highest BCUT2D eigenvalue weighted by Gasteiger charge is 2.26. The molecule has 0 heterocycles. The van der Waals surface area contributed by atoms with Crippen LogP contribution in [0.1, 0.15) is 43.4 Å². The molecule has 8 nitrogen and oxygen atoms in total. The van der Waals surface area contributed by atoms with Crippen LogP contribution in [0.25, 0.3) is 0 Å². The number of amides is 2. The molecular weight excluding hydrogens is 466 g/mol. The van der Waals surface area contributed by atoms with E-state index in [-0.39, 0.29) is 31.3 Å². The van der Waals surface area contributed by atoms with Crippen LogP contribution in [0.5, 0.6) is 5.75 Å². The van der Waals surface area contributed by atoms with Crippen molar-refractivity contribution < 1.29 is 22.7 Å². The first-order valence-electron chi connectivity index (χ1n) is 11.7. The van der Waals surface area contributed by atoms with Gasteiger partial charge in [-0.1, -0.05) is 18.2 Å². The van der Waals surface area contributed by atoms with Crippen LogP contribution in [0, 0.1) is 13.8 Å². The van der Waals surface area contributed by atoms with E-state index in [1.54, 1.807) is 20.1 Å². The average Bonchev–Trinajstić information content (AvgIpc) is 2.81. The van der Waals surface area contributed by atoms with Crippen LogP contribution >= 0.6 is 0 Å². The number of likely N-dealkylation sites (N-methyl/N-ethyl adjacent to an activating group) is 1. The van der Waals surface area contributed by atoms with E-state index in [0.29, 0.717) is 24.4 Å². The second-order valence-electron chi connectivity index (χ2n) is 8.65. The minimum atomic E-state index is -3.53. The number of rotatable bonds is 12. The summed E-state index contributed by atoms with van der Waals surface area (Å²) in [5.41, 5.74) is 3.51. The van der Waals surface area contributed by atoms with Crippen molar-refractivity contribution in [2.45, 2.75) is 53.1 Å². The smallest absolute Gasteiger partial charge is 0.242 e. The lowest BCUT2D eigenvalue weighted by Crippen LogP contribution is -2.47. The maximum Gasteiger partial charge on any atom is 0.242 e. The van der Waals surface area contributed by atoms with Gasteiger partial charge in [-0.3, -0.25) is 13.9 Å². The van der Waals surface area contributed by atoms with E-state index in [1.165, 1.54) is 9.21 Å². The van der Waals surface area contributed by atoms with E-state index in [9.17, 15) is 18.0 Å². The topological polar surface area (TPSA) is 96.0 Å². The van der Waals surface area contributed by atoms with E-state index >= 15 is 0 Å². The van der Waals surface area contributed by atoms with Gasteiger partial charge in [-0.05, 0) is 75.1 Å². The van der Waals surface area contributed by atoms with Gasteiger partial charge >= 0.3 is 0 Å². The lowest BCUT2D eigenvalue weighted by atomic mass is 10.1. The molecule has 0 aromatic heterocycles. The van der Waals surface area contributed by atoms with Crippen molar-refractivity contribution in [1.82, 2.24) is 10.2 Å². The van der Waals surface area contributed by atoms with E-state index in [1.807, 2.05) is 57.2 Å². The van der Waals surface area contributed by atoms with Crippen LogP contribution in [0.3, 0.4) is 0 Å². The Morgan fingerprint density at radius 2 is 1.71 bits per heavy atom. The molecule has 1 N–H and O–H groups in total. The van der Waals surface area contributed by atoms with Gasteiger partial charge in [0.1, 0.15) is 11.8 Å². The second-order valence-corrected chi connectivity index (χ2v) is 10.6. The molecule has 0 radical (unpaired) electrons. The van der Waals surface area contributed by atoms with Gasteiger partial charge in [0.25, 0.3) is 0 Å². The molecule has 2 amide bonds. The van der Waals surface area contributed by atoms with Crippen LogP contribution in [-0.4, -0.2) is 57.6 Å². The molecule has 1 atom stereocenters. The summed E-state index contributed by atoms with van der Waals surface area (Å²) in [5, 5.41) is 2.77. The number of hydrogen-bond acceptors (Lipinski definition) is 5. The highest BCUT2D eigenvalue weighted by atomic mass is 32.2. The number of methoxy groups -OCH3 is 1. The standard InChI is InChI=1S/C26H37N3O5S/c1-7-27-26(31)21(4)28(18-22-11-14-24(34-5)15-12-22)25(30)9-8-16-29(35(6,32)33)23-13-10-19(2)20(3)17-23/h10-15,17,21H,7-9,16,18H2,1-6H3,(H,27,31). The average molecular weight is 504 g/mol. The lowest BCUT2D eigenvalue weighted by Gasteiger charge is -2.29. The fourth-order valence-corrected chi connectivity index (χ4v) is 4.67. The molecule has 2 rings (SSSR count). The lowest BCUT2D eigenvalue weighted by molar-refractivity contribution is -0.140. The summed E-state index contributed by atoms with van der Waals surface area (Å²) in [6.07, 6.45) is 1.59. The number of benzene rings is 2. The van der Waals surface area contributed by atoms with Gasteiger partial charge < -0.3 is 15.0 Å². The number of nitrogens with one attached hydrogen (secondary N) is 1. The second kappa shape index (κ2) is 12.6. The largest absolute Gasteiger partial charge is 0.497 e. The number of aryl methyl sites for hydroxylation is 2. The Morgan fingerprint density at radius 3 is 2.26 bits per heavy atom. The van der Waals surface area contributed by atoms with E-state index in [4.69, 9.17) is 4.74 Å². The number of carbonyl (C=O) groups excluding carboxylic acids is 2. The fraction of sp³-hybridized carbons (Fsp3) is 0.462. The summed E-state index contributed by atoms with van der Waals surface area (Å²) in [7, 11) is -1.94. The monoisotopic (exact) mass is 503 g/mol. The summed E-state index contributed by atoms with van der Waals surface area (Å²) in [6, 6.07) is 12.2. The minimum absolute atomic E-state index is 0.108. The van der Waals surface area contributed by atoms with Crippen LogP contribution < -0.4 is 14.4 Å². The molecule has 0 saturated carbocycles. The summed E-state index contributed by atoms with van der Waals surface area (Å²) in [6.45, 7) is 8.32. The van der Waals surface area contributed by atoms with Crippen LogP contribution in [-0.2, 0) is 26.2 Å². The maximum atomic E-state index is 13.2. The molecule has 2 aromatic carbocycles. The number of sulfonamides is 1. The Morgan fingerprint density at radius 1 is 1.06 bits per heavy atom. The van der Waals surface area contributed by atoms with Crippen LogP contribution in [0.2, 0.25) is 0 Å². The van der Waals surface area contributed by atoms with Crippen molar-refractivity contribution >= 4 is 27.5 Å². The molecule has 0 bridgehead atoms. The molecule has 35 heavy (non-hydrogen) atoms. The third kappa shape index (κ3) is 7.99. The Bertz CT molecular complexity index is 1120. The van der Waals surface area contributed by atoms with Gasteiger partial charge in [0, 0.05) is 26.1 Å². The predicted octanol–water partition coefficient (Wildman–Crippen LogP) is 3.41. The Balaban J connectivity index is 2.17. The molecule has 0 aliphatic heterocycles. The first kappa shape index (κ1) is 28.2.